The van der Waals surface area contributed by atoms with Gasteiger partial charge in [-0.05, 0) is 42.7 Å². The Balaban J connectivity index is 1.93. The normalized spacial score (nSPS) is 10.7. The number of nitrogens with zero attached hydrogens (tertiary/aromatic N) is 3. The van der Waals surface area contributed by atoms with Gasteiger partial charge >= 0.3 is 0 Å². The van der Waals surface area contributed by atoms with Gasteiger partial charge in [-0.1, -0.05) is 41.9 Å². The molecule has 0 fully saturated rings. The highest BCUT2D eigenvalue weighted by atomic mass is 35.5. The number of nitrogens with one attached hydrogen (secondary N) is 2. The molecule has 0 unspecified atom stereocenters. The van der Waals surface area contributed by atoms with Crippen LogP contribution in [0.1, 0.15) is 22.3 Å². The molecule has 27 heavy (non-hydrogen) atoms. The van der Waals surface area contributed by atoms with Crippen LogP contribution in [-0.4, -0.2) is 16.2 Å². The molecular weight excluding hydrogens is 362 g/mol. The summed E-state index contributed by atoms with van der Waals surface area (Å²) >= 11 is 6.10. The third-order valence-electron chi connectivity index (χ3n) is 4.00. The summed E-state index contributed by atoms with van der Waals surface area (Å²) < 4.78 is 0. The summed E-state index contributed by atoms with van der Waals surface area (Å²) in [6.45, 7) is 3.85. The fourth-order valence-electron chi connectivity index (χ4n) is 2.54. The molecule has 0 saturated carbocycles. The van der Waals surface area contributed by atoms with Crippen LogP contribution in [0.3, 0.4) is 0 Å². The summed E-state index contributed by atoms with van der Waals surface area (Å²) in [6.07, 6.45) is 1.62. The maximum absolute atomic E-state index is 12.2. The first-order valence-corrected chi connectivity index (χ1v) is 8.53. The van der Waals surface area contributed by atoms with Gasteiger partial charge in [-0.15, -0.1) is 0 Å². The van der Waals surface area contributed by atoms with Crippen LogP contribution in [0, 0.1) is 25.2 Å². The quantitative estimate of drug-likeness (QED) is 0.530. The van der Waals surface area contributed by atoms with Gasteiger partial charge in [0.15, 0.2) is 0 Å². The Morgan fingerprint density at radius 1 is 1.22 bits per heavy atom. The van der Waals surface area contributed by atoms with E-state index in [4.69, 9.17) is 11.6 Å². The van der Waals surface area contributed by atoms with Crippen molar-refractivity contribution in [3.8, 4) is 17.3 Å². The molecule has 0 aliphatic carbocycles. The van der Waals surface area contributed by atoms with Crippen molar-refractivity contribution in [3.05, 3.63) is 80.1 Å². The van der Waals surface area contributed by atoms with Gasteiger partial charge in [0, 0.05) is 10.6 Å². The molecule has 0 atom stereocenters. The molecule has 0 bridgehead atoms. The second kappa shape index (κ2) is 7.85. The Morgan fingerprint density at radius 2 is 1.96 bits per heavy atom. The Morgan fingerprint density at radius 3 is 2.67 bits per heavy atom. The first kappa shape index (κ1) is 18.4. The monoisotopic (exact) mass is 377 g/mol. The summed E-state index contributed by atoms with van der Waals surface area (Å²) in [7, 11) is 0. The van der Waals surface area contributed by atoms with Gasteiger partial charge in [0.2, 0.25) is 5.95 Å². The molecule has 3 rings (SSSR count). The lowest BCUT2D eigenvalue weighted by atomic mass is 10.1. The van der Waals surface area contributed by atoms with Crippen molar-refractivity contribution in [2.45, 2.75) is 13.8 Å². The maximum atomic E-state index is 12.2. The zero-order chi connectivity index (χ0) is 19.4. The van der Waals surface area contributed by atoms with Crippen molar-refractivity contribution in [1.82, 2.24) is 9.97 Å². The number of hydrogen-bond donors (Lipinski definition) is 2. The Hall–Kier alpha value is -3.43. The lowest BCUT2D eigenvalue weighted by Gasteiger charge is -2.07. The van der Waals surface area contributed by atoms with Crippen molar-refractivity contribution in [1.29, 1.82) is 5.26 Å². The lowest BCUT2D eigenvalue weighted by Crippen LogP contribution is -2.16. The van der Waals surface area contributed by atoms with Gasteiger partial charge in [0.25, 0.3) is 5.56 Å². The predicted molar refractivity (Wildman–Crippen MR) is 107 cm³/mol. The maximum Gasteiger partial charge on any atom is 0.270 e. The van der Waals surface area contributed by atoms with E-state index in [1.54, 1.807) is 18.3 Å². The molecule has 2 N–H and O–H groups in total. The van der Waals surface area contributed by atoms with E-state index in [1.165, 1.54) is 0 Å². The first-order chi connectivity index (χ1) is 13.0. The Labute approximate surface area is 161 Å². The number of aryl methyl sites for hydroxylation is 2. The zero-order valence-electron chi connectivity index (χ0n) is 14.7. The predicted octanol–water partition coefficient (Wildman–Crippen LogP) is 4.02. The number of aromatic nitrogens is 2. The van der Waals surface area contributed by atoms with Gasteiger partial charge in [-0.2, -0.15) is 10.4 Å². The molecule has 134 valence electrons. The molecule has 1 heterocycles. The van der Waals surface area contributed by atoms with E-state index < -0.39 is 5.56 Å². The van der Waals surface area contributed by atoms with E-state index in [0.29, 0.717) is 16.3 Å². The second-order valence-corrected chi connectivity index (χ2v) is 6.35. The first-order valence-electron chi connectivity index (χ1n) is 8.15. The van der Waals surface area contributed by atoms with Crippen LogP contribution in [-0.2, 0) is 0 Å². The van der Waals surface area contributed by atoms with Gasteiger partial charge in [0.1, 0.15) is 11.6 Å². The van der Waals surface area contributed by atoms with Gasteiger partial charge in [0.05, 0.1) is 11.9 Å². The summed E-state index contributed by atoms with van der Waals surface area (Å²) in [6, 6.07) is 14.8. The van der Waals surface area contributed by atoms with Crippen LogP contribution >= 0.6 is 11.6 Å². The fourth-order valence-corrected chi connectivity index (χ4v) is 2.76. The highest BCUT2D eigenvalue weighted by Gasteiger charge is 2.12. The lowest BCUT2D eigenvalue weighted by molar-refractivity contribution is 1.08. The van der Waals surface area contributed by atoms with Crippen LogP contribution in [0.2, 0.25) is 5.02 Å². The average molecular weight is 378 g/mol. The molecule has 3 aromatic rings. The number of halogens is 1. The highest BCUT2D eigenvalue weighted by Crippen LogP contribution is 2.20. The largest absolute Gasteiger partial charge is 0.290 e. The van der Waals surface area contributed by atoms with Crippen LogP contribution < -0.4 is 11.0 Å². The van der Waals surface area contributed by atoms with E-state index >= 15 is 0 Å². The average Bonchev–Trinajstić information content (AvgIpc) is 2.66. The summed E-state index contributed by atoms with van der Waals surface area (Å²) in [4.78, 5) is 19.1. The molecule has 7 heteroatoms. The van der Waals surface area contributed by atoms with Gasteiger partial charge in [-0.3, -0.25) is 9.78 Å². The molecule has 0 spiro atoms. The molecule has 6 nitrogen and oxygen atoms in total. The van der Waals surface area contributed by atoms with Crippen molar-refractivity contribution in [3.63, 3.8) is 0 Å². The summed E-state index contributed by atoms with van der Waals surface area (Å²) in [5, 5.41) is 14.1. The number of benzene rings is 2. The minimum absolute atomic E-state index is 0.0418. The SMILES string of the molecule is Cc1cc(C=NNc2nc(-c3ccccc3)c(C#N)c(=O)[nH]2)c(C)cc1Cl. The van der Waals surface area contributed by atoms with Crippen LogP contribution in [0.4, 0.5) is 5.95 Å². The molecule has 2 aromatic carbocycles. The third-order valence-corrected chi connectivity index (χ3v) is 4.41. The number of hydrogen-bond acceptors (Lipinski definition) is 5. The van der Waals surface area contributed by atoms with Crippen LogP contribution in [0.5, 0.6) is 0 Å². The van der Waals surface area contributed by atoms with E-state index in [9.17, 15) is 10.1 Å². The number of hydrazone groups is 1. The third kappa shape index (κ3) is 4.05. The summed E-state index contributed by atoms with van der Waals surface area (Å²) in [5.41, 5.74) is 5.94. The van der Waals surface area contributed by atoms with E-state index in [1.807, 2.05) is 50.2 Å². The molecule has 0 aliphatic rings. The van der Waals surface area contributed by atoms with Crippen LogP contribution in [0.25, 0.3) is 11.3 Å². The highest BCUT2D eigenvalue weighted by molar-refractivity contribution is 6.31. The minimum atomic E-state index is -0.525. The van der Waals surface area contributed by atoms with Gasteiger partial charge in [-0.25, -0.2) is 10.4 Å². The van der Waals surface area contributed by atoms with Crippen molar-refractivity contribution in [2.75, 3.05) is 5.43 Å². The Kier molecular flexibility index (Phi) is 5.34. The number of anilines is 1. The fraction of sp³-hybridized carbons (Fsp3) is 0.100. The number of H-pyrrole nitrogens is 1. The van der Waals surface area contributed by atoms with Crippen molar-refractivity contribution >= 4 is 23.8 Å². The minimum Gasteiger partial charge on any atom is -0.290 e. The molecular formula is C20H16ClN5O. The molecule has 0 amide bonds. The summed E-state index contributed by atoms with van der Waals surface area (Å²) in [5.74, 6) is 0.150. The standard InChI is InChI=1S/C20H16ClN5O/c1-12-9-17(21)13(2)8-15(12)11-23-26-20-24-18(14-6-4-3-5-7-14)16(10-22)19(27)25-20/h3-9,11H,1-2H3,(H2,24,25,26,27). The zero-order valence-corrected chi connectivity index (χ0v) is 15.5. The topological polar surface area (TPSA) is 93.9 Å². The number of nitriles is 1. The van der Waals surface area contributed by atoms with E-state index in [2.05, 4.69) is 20.5 Å². The van der Waals surface area contributed by atoms with Crippen molar-refractivity contribution in [2.24, 2.45) is 5.10 Å². The molecule has 1 aromatic heterocycles. The molecule has 0 radical (unpaired) electrons. The smallest absolute Gasteiger partial charge is 0.270 e. The number of aromatic amines is 1. The van der Waals surface area contributed by atoms with Crippen molar-refractivity contribution < 1.29 is 0 Å². The van der Waals surface area contributed by atoms with Crippen LogP contribution in [0.15, 0.2) is 52.4 Å². The number of rotatable bonds is 4. The van der Waals surface area contributed by atoms with E-state index in [-0.39, 0.29) is 11.5 Å². The second-order valence-electron chi connectivity index (χ2n) is 5.94. The Bertz CT molecular complexity index is 1110. The van der Waals surface area contributed by atoms with E-state index in [0.717, 1.165) is 16.7 Å². The molecule has 0 saturated heterocycles. The molecule has 0 aliphatic heterocycles. The van der Waals surface area contributed by atoms with Gasteiger partial charge < -0.3 is 0 Å².